The first-order chi connectivity index (χ1) is 7.92. The summed E-state index contributed by atoms with van der Waals surface area (Å²) in [6, 6.07) is 1.23. The van der Waals surface area contributed by atoms with Crippen molar-refractivity contribution in [2.45, 2.75) is 45.6 Å². The molecule has 0 radical (unpaired) electrons. The van der Waals surface area contributed by atoms with E-state index in [4.69, 9.17) is 11.6 Å². The van der Waals surface area contributed by atoms with Gasteiger partial charge in [-0.3, -0.25) is 14.3 Å². The van der Waals surface area contributed by atoms with Crippen LogP contribution in [0.25, 0.3) is 0 Å². The number of hydrogen-bond donors (Lipinski definition) is 1. The molecule has 94 valence electrons. The molecule has 1 heterocycles. The first kappa shape index (κ1) is 12.4. The van der Waals surface area contributed by atoms with Gasteiger partial charge in [0.05, 0.1) is 0 Å². The van der Waals surface area contributed by atoms with Crippen molar-refractivity contribution in [1.29, 1.82) is 0 Å². The van der Waals surface area contributed by atoms with E-state index in [-0.39, 0.29) is 22.2 Å². The van der Waals surface area contributed by atoms with Crippen molar-refractivity contribution >= 4 is 11.6 Å². The maximum atomic E-state index is 11.9. The molecule has 0 aromatic carbocycles. The van der Waals surface area contributed by atoms with E-state index in [0.29, 0.717) is 0 Å². The molecular weight excluding hydrogens is 240 g/mol. The number of aromatic nitrogens is 2. The molecule has 4 nitrogen and oxygen atoms in total. The van der Waals surface area contributed by atoms with Gasteiger partial charge in [-0.15, -0.1) is 0 Å². The van der Waals surface area contributed by atoms with Gasteiger partial charge in [-0.1, -0.05) is 38.3 Å². The van der Waals surface area contributed by atoms with Crippen molar-refractivity contribution in [2.75, 3.05) is 0 Å². The highest BCUT2D eigenvalue weighted by molar-refractivity contribution is 6.29. The summed E-state index contributed by atoms with van der Waals surface area (Å²) in [4.78, 5) is 26.3. The lowest BCUT2D eigenvalue weighted by molar-refractivity contribution is 0.137. The van der Waals surface area contributed by atoms with Gasteiger partial charge in [0.1, 0.15) is 5.15 Å². The van der Waals surface area contributed by atoms with E-state index in [0.717, 1.165) is 25.7 Å². The highest BCUT2D eigenvalue weighted by Crippen LogP contribution is 2.42. The van der Waals surface area contributed by atoms with Gasteiger partial charge in [-0.25, -0.2) is 4.79 Å². The minimum absolute atomic E-state index is 0.0249. The highest BCUT2D eigenvalue weighted by atomic mass is 35.5. The van der Waals surface area contributed by atoms with Crippen molar-refractivity contribution in [3.8, 4) is 0 Å². The highest BCUT2D eigenvalue weighted by Gasteiger charge is 2.35. The lowest BCUT2D eigenvalue weighted by Crippen LogP contribution is -2.44. The number of rotatable bonds is 1. The first-order valence-electron chi connectivity index (χ1n) is 5.93. The van der Waals surface area contributed by atoms with Crippen LogP contribution < -0.4 is 11.2 Å². The van der Waals surface area contributed by atoms with Crippen LogP contribution in [0.4, 0.5) is 0 Å². The number of nitrogens with one attached hydrogen (secondary N) is 1. The van der Waals surface area contributed by atoms with Crippen LogP contribution in [0, 0.1) is 5.41 Å². The van der Waals surface area contributed by atoms with Gasteiger partial charge in [0.25, 0.3) is 5.56 Å². The van der Waals surface area contributed by atoms with Gasteiger partial charge in [0, 0.05) is 12.1 Å². The fourth-order valence-electron chi connectivity index (χ4n) is 2.73. The molecule has 1 aliphatic rings. The minimum atomic E-state index is -0.400. The Hall–Kier alpha value is -1.03. The molecule has 1 aromatic rings. The molecule has 0 bridgehead atoms. The maximum absolute atomic E-state index is 11.9. The summed E-state index contributed by atoms with van der Waals surface area (Å²) in [5.41, 5.74) is -0.732. The van der Waals surface area contributed by atoms with E-state index in [2.05, 4.69) is 18.8 Å². The molecule has 5 heteroatoms. The van der Waals surface area contributed by atoms with E-state index in [1.807, 2.05) is 0 Å². The molecule has 1 atom stereocenters. The third-order valence-electron chi connectivity index (χ3n) is 3.70. The number of hydrogen-bond acceptors (Lipinski definition) is 2. The second kappa shape index (κ2) is 4.33. The standard InChI is InChI=1S/C12H17ClN2O2/c1-12(2)6-4-3-5-8(12)15-10(16)7-9(13)14-11(15)17/h7-8H,3-6H2,1-2H3,(H,14,17). The van der Waals surface area contributed by atoms with Crippen LogP contribution in [0.5, 0.6) is 0 Å². The van der Waals surface area contributed by atoms with Crippen LogP contribution in [0.1, 0.15) is 45.6 Å². The van der Waals surface area contributed by atoms with E-state index in [9.17, 15) is 9.59 Å². The van der Waals surface area contributed by atoms with Gasteiger partial charge >= 0.3 is 5.69 Å². The molecular formula is C12H17ClN2O2. The van der Waals surface area contributed by atoms with Crippen LogP contribution in [0.2, 0.25) is 5.15 Å². The van der Waals surface area contributed by atoms with E-state index >= 15 is 0 Å². The summed E-state index contributed by atoms with van der Waals surface area (Å²) in [6.45, 7) is 4.22. The minimum Gasteiger partial charge on any atom is -0.298 e. The normalized spacial score (nSPS) is 23.6. The van der Waals surface area contributed by atoms with Gasteiger partial charge in [0.2, 0.25) is 0 Å². The van der Waals surface area contributed by atoms with E-state index < -0.39 is 5.69 Å². The van der Waals surface area contributed by atoms with Gasteiger partial charge < -0.3 is 0 Å². The Labute approximate surface area is 105 Å². The predicted molar refractivity (Wildman–Crippen MR) is 67.6 cm³/mol. The quantitative estimate of drug-likeness (QED) is 0.784. The number of nitrogens with zero attached hydrogens (tertiary/aromatic N) is 1. The largest absolute Gasteiger partial charge is 0.329 e. The zero-order chi connectivity index (χ0) is 12.6. The zero-order valence-corrected chi connectivity index (χ0v) is 10.9. The molecule has 0 spiro atoms. The van der Waals surface area contributed by atoms with Crippen LogP contribution in [-0.2, 0) is 0 Å². The van der Waals surface area contributed by atoms with Crippen molar-refractivity contribution < 1.29 is 0 Å². The van der Waals surface area contributed by atoms with Gasteiger partial charge in [-0.05, 0) is 18.3 Å². The van der Waals surface area contributed by atoms with Crippen LogP contribution in [-0.4, -0.2) is 9.55 Å². The zero-order valence-electron chi connectivity index (χ0n) is 10.1. The topological polar surface area (TPSA) is 54.9 Å². The van der Waals surface area contributed by atoms with Crippen molar-refractivity contribution in [3.05, 3.63) is 32.1 Å². The number of halogens is 1. The molecule has 1 fully saturated rings. The monoisotopic (exact) mass is 256 g/mol. The van der Waals surface area contributed by atoms with Crippen molar-refractivity contribution in [2.24, 2.45) is 5.41 Å². The summed E-state index contributed by atoms with van der Waals surface area (Å²) in [6.07, 6.45) is 4.12. The fraction of sp³-hybridized carbons (Fsp3) is 0.667. The lowest BCUT2D eigenvalue weighted by Gasteiger charge is -2.38. The molecule has 0 saturated heterocycles. The fourth-order valence-corrected chi connectivity index (χ4v) is 2.90. The smallest absolute Gasteiger partial charge is 0.298 e. The average Bonchev–Trinajstić information content (AvgIpc) is 2.18. The Morgan fingerprint density at radius 2 is 2.12 bits per heavy atom. The molecule has 1 unspecified atom stereocenters. The van der Waals surface area contributed by atoms with Gasteiger partial charge in [0.15, 0.2) is 0 Å². The molecule has 0 aliphatic heterocycles. The third kappa shape index (κ3) is 2.32. The van der Waals surface area contributed by atoms with Crippen LogP contribution in [0.3, 0.4) is 0 Å². The Bertz CT molecular complexity index is 499. The second-order valence-electron chi connectivity index (χ2n) is 5.38. The molecule has 1 saturated carbocycles. The van der Waals surface area contributed by atoms with Crippen molar-refractivity contribution in [3.63, 3.8) is 0 Å². The molecule has 2 rings (SSSR count). The van der Waals surface area contributed by atoms with E-state index in [1.165, 1.54) is 10.6 Å². The Morgan fingerprint density at radius 1 is 1.41 bits per heavy atom. The first-order valence-corrected chi connectivity index (χ1v) is 6.31. The van der Waals surface area contributed by atoms with Gasteiger partial charge in [-0.2, -0.15) is 0 Å². The molecule has 0 amide bonds. The summed E-state index contributed by atoms with van der Waals surface area (Å²) < 4.78 is 1.32. The summed E-state index contributed by atoms with van der Waals surface area (Å²) in [7, 11) is 0. The summed E-state index contributed by atoms with van der Waals surface area (Å²) in [5, 5.41) is 0.102. The third-order valence-corrected chi connectivity index (χ3v) is 3.90. The number of H-pyrrole nitrogens is 1. The molecule has 1 aromatic heterocycles. The number of aromatic amines is 1. The van der Waals surface area contributed by atoms with Crippen molar-refractivity contribution in [1.82, 2.24) is 9.55 Å². The molecule has 17 heavy (non-hydrogen) atoms. The van der Waals surface area contributed by atoms with E-state index in [1.54, 1.807) is 0 Å². The summed E-state index contributed by atoms with van der Waals surface area (Å²) in [5.74, 6) is 0. The lowest BCUT2D eigenvalue weighted by atomic mass is 9.73. The summed E-state index contributed by atoms with van der Waals surface area (Å²) >= 11 is 5.66. The van der Waals surface area contributed by atoms with Crippen LogP contribution >= 0.6 is 11.6 Å². The molecule has 1 aliphatic carbocycles. The molecule has 1 N–H and O–H groups in total. The van der Waals surface area contributed by atoms with Crippen LogP contribution in [0.15, 0.2) is 15.7 Å². The SMILES string of the molecule is CC1(C)CCCCC1n1c(=O)cc(Cl)[nH]c1=O. The maximum Gasteiger partial charge on any atom is 0.329 e. The second-order valence-corrected chi connectivity index (χ2v) is 5.79. The Kier molecular flexibility index (Phi) is 3.17. The Morgan fingerprint density at radius 3 is 2.71 bits per heavy atom. The predicted octanol–water partition coefficient (Wildman–Crippen LogP) is 2.33. The average molecular weight is 257 g/mol. The Balaban J connectivity index is 2.54.